The predicted octanol–water partition coefficient (Wildman–Crippen LogP) is 2.75. The van der Waals surface area contributed by atoms with Crippen LogP contribution in [0.4, 0.5) is 0 Å². The van der Waals surface area contributed by atoms with E-state index >= 15 is 0 Å². The van der Waals surface area contributed by atoms with E-state index in [2.05, 4.69) is 0 Å². The first-order valence-corrected chi connectivity index (χ1v) is 15.8. The van der Waals surface area contributed by atoms with Gasteiger partial charge in [-0.15, -0.1) is 11.3 Å². The lowest BCUT2D eigenvalue weighted by molar-refractivity contribution is -0.368. The van der Waals surface area contributed by atoms with Crippen LogP contribution in [-0.2, 0) is 28.5 Å². The Labute approximate surface area is 267 Å². The summed E-state index contributed by atoms with van der Waals surface area (Å²) in [5.74, 6) is -1.08. The number of hydrogen-bond acceptors (Lipinski definition) is 14. The van der Waals surface area contributed by atoms with Crippen LogP contribution < -0.4 is 18.9 Å². The lowest BCUT2D eigenvalue weighted by Gasteiger charge is -2.48. The Morgan fingerprint density at radius 2 is 1.65 bits per heavy atom. The lowest BCUT2D eigenvalue weighted by Crippen LogP contribution is -2.62. The number of aromatic hydroxyl groups is 1. The molecule has 4 aliphatic heterocycles. The summed E-state index contributed by atoms with van der Waals surface area (Å²) in [5, 5.41) is 35.0. The molecule has 3 saturated heterocycles. The van der Waals surface area contributed by atoms with Crippen molar-refractivity contribution in [2.75, 3.05) is 34.2 Å². The highest BCUT2D eigenvalue weighted by molar-refractivity contribution is 7.10. The van der Waals surface area contributed by atoms with Gasteiger partial charge in [-0.1, -0.05) is 6.07 Å². The number of thiophene rings is 1. The van der Waals surface area contributed by atoms with Crippen molar-refractivity contribution in [3.05, 3.63) is 63.3 Å². The molecule has 10 atom stereocenters. The van der Waals surface area contributed by atoms with Crippen LogP contribution in [0.2, 0.25) is 0 Å². The van der Waals surface area contributed by atoms with Crippen molar-refractivity contribution in [2.24, 2.45) is 11.8 Å². The highest BCUT2D eigenvalue weighted by Crippen LogP contribution is 2.57. The number of methoxy groups -OCH3 is 2. The van der Waals surface area contributed by atoms with Crippen LogP contribution in [0, 0.1) is 11.8 Å². The molecule has 3 fully saturated rings. The number of hydrogen-bond donors (Lipinski definition) is 3. The second-order valence-electron chi connectivity index (χ2n) is 11.8. The van der Waals surface area contributed by atoms with E-state index in [1.54, 1.807) is 18.2 Å². The van der Waals surface area contributed by atoms with Crippen LogP contribution in [0.25, 0.3) is 0 Å². The topological polar surface area (TPSA) is 161 Å². The minimum atomic E-state index is -1.47. The number of phenols is 1. The lowest BCUT2D eigenvalue weighted by atomic mass is 9.66. The molecular formula is C32H32O13S. The monoisotopic (exact) mass is 656 g/mol. The minimum absolute atomic E-state index is 0.0242. The molecule has 13 nitrogen and oxygen atoms in total. The van der Waals surface area contributed by atoms with Crippen LogP contribution in [0.15, 0.2) is 41.8 Å². The van der Waals surface area contributed by atoms with E-state index < -0.39 is 66.8 Å². The smallest absolute Gasteiger partial charge is 0.310 e. The van der Waals surface area contributed by atoms with E-state index in [1.165, 1.54) is 25.6 Å². The quantitative estimate of drug-likeness (QED) is 0.333. The molecule has 8 rings (SSSR count). The number of ether oxygens (including phenoxy) is 9. The zero-order valence-corrected chi connectivity index (χ0v) is 25.6. The van der Waals surface area contributed by atoms with E-state index in [-0.39, 0.29) is 37.3 Å². The first-order chi connectivity index (χ1) is 22.4. The number of benzene rings is 2. The normalized spacial score (nSPS) is 34.3. The minimum Gasteiger partial charge on any atom is -0.502 e. The van der Waals surface area contributed by atoms with Gasteiger partial charge in [0, 0.05) is 11.8 Å². The molecular weight excluding hydrogens is 624 g/mol. The summed E-state index contributed by atoms with van der Waals surface area (Å²) in [5.41, 5.74) is 2.00. The standard InChI is InChI=1S/C32H32O13S/c1-37-19-6-13(7-20(38-2)25(19)33)23-14-8-17-18(42-12-41-17)9-15(14)28(16-10-39-30(36)24(16)23)44-32-27(35)26(34)29-21(43-32)11-40-31(45-29)22-4-3-5-46-22/h3-9,16,21,23-24,26-29,31-35H,10-12H2,1-2H3/t16-,21?,23+,24-,26?,27?,28+,29?,31+,32?/m0/s1. The van der Waals surface area contributed by atoms with Crippen LogP contribution in [0.1, 0.15) is 39.9 Å². The van der Waals surface area contributed by atoms with Crippen LogP contribution >= 0.6 is 11.3 Å². The van der Waals surface area contributed by atoms with Gasteiger partial charge in [-0.3, -0.25) is 4.79 Å². The fourth-order valence-corrected chi connectivity index (χ4v) is 7.89. The van der Waals surface area contributed by atoms with E-state index in [0.29, 0.717) is 28.2 Å². The van der Waals surface area contributed by atoms with E-state index in [1.807, 2.05) is 23.6 Å². The summed E-state index contributed by atoms with van der Waals surface area (Å²) in [4.78, 5) is 14.3. The number of phenolic OH excluding ortho intramolecular Hbond substituents is 1. The molecule has 244 valence electrons. The summed E-state index contributed by atoms with van der Waals surface area (Å²) in [6.45, 7) is 0.171. The number of esters is 1. The molecule has 46 heavy (non-hydrogen) atoms. The molecule has 1 aliphatic carbocycles. The Balaban J connectivity index is 1.16. The maximum absolute atomic E-state index is 13.5. The van der Waals surface area contributed by atoms with Crippen molar-refractivity contribution in [2.45, 2.75) is 49.0 Å². The molecule has 14 heteroatoms. The molecule has 0 radical (unpaired) electrons. The van der Waals surface area contributed by atoms with Gasteiger partial charge in [-0.05, 0) is 52.4 Å². The molecule has 0 saturated carbocycles. The van der Waals surface area contributed by atoms with Gasteiger partial charge >= 0.3 is 5.97 Å². The number of aliphatic hydroxyl groups excluding tert-OH is 2. The molecule has 5 heterocycles. The second-order valence-corrected chi connectivity index (χ2v) is 12.7. The van der Waals surface area contributed by atoms with Crippen LogP contribution in [-0.4, -0.2) is 86.2 Å². The Bertz CT molecular complexity index is 1600. The van der Waals surface area contributed by atoms with Crippen molar-refractivity contribution in [1.29, 1.82) is 0 Å². The predicted molar refractivity (Wildman–Crippen MR) is 156 cm³/mol. The molecule has 0 bridgehead atoms. The molecule has 5 unspecified atom stereocenters. The summed E-state index contributed by atoms with van der Waals surface area (Å²) in [7, 11) is 2.86. The first-order valence-electron chi connectivity index (χ1n) is 14.9. The van der Waals surface area contributed by atoms with Gasteiger partial charge in [0.25, 0.3) is 0 Å². The number of aliphatic hydroxyl groups is 2. The number of cyclic esters (lactones) is 1. The Hall–Kier alpha value is -3.63. The average Bonchev–Trinajstić information content (AvgIpc) is 3.85. The van der Waals surface area contributed by atoms with Gasteiger partial charge in [0.1, 0.15) is 24.4 Å². The third-order valence-electron chi connectivity index (χ3n) is 9.37. The number of rotatable bonds is 6. The maximum Gasteiger partial charge on any atom is 0.310 e. The van der Waals surface area contributed by atoms with E-state index in [0.717, 1.165) is 4.88 Å². The molecule has 0 amide bonds. The highest BCUT2D eigenvalue weighted by atomic mass is 32.1. The number of carbonyl (C=O) groups excluding carboxylic acids is 1. The average molecular weight is 657 g/mol. The molecule has 5 aliphatic rings. The van der Waals surface area contributed by atoms with Crippen molar-refractivity contribution in [3.63, 3.8) is 0 Å². The fraction of sp³-hybridized carbons (Fsp3) is 0.469. The van der Waals surface area contributed by atoms with Crippen LogP contribution in [0.5, 0.6) is 28.7 Å². The largest absolute Gasteiger partial charge is 0.502 e. The maximum atomic E-state index is 13.5. The number of fused-ring (bicyclic) bond motifs is 4. The summed E-state index contributed by atoms with van der Waals surface area (Å²) < 4.78 is 52.6. The summed E-state index contributed by atoms with van der Waals surface area (Å²) in [6, 6.07) is 10.7. The van der Waals surface area contributed by atoms with Gasteiger partial charge in [-0.25, -0.2) is 0 Å². The van der Waals surface area contributed by atoms with Crippen molar-refractivity contribution in [1.82, 2.24) is 0 Å². The van der Waals surface area contributed by atoms with E-state index in [4.69, 9.17) is 42.6 Å². The number of carbonyl (C=O) groups is 1. The Morgan fingerprint density at radius 3 is 2.35 bits per heavy atom. The Morgan fingerprint density at radius 1 is 0.913 bits per heavy atom. The van der Waals surface area contributed by atoms with E-state index in [9.17, 15) is 20.1 Å². The van der Waals surface area contributed by atoms with Crippen molar-refractivity contribution < 1.29 is 62.7 Å². The molecule has 0 spiro atoms. The van der Waals surface area contributed by atoms with Gasteiger partial charge in [0.05, 0.1) is 44.3 Å². The van der Waals surface area contributed by atoms with Gasteiger partial charge in [-0.2, -0.15) is 0 Å². The third kappa shape index (κ3) is 4.70. The first kappa shape index (κ1) is 29.8. The zero-order chi connectivity index (χ0) is 31.7. The van der Waals surface area contributed by atoms with Crippen molar-refractivity contribution >= 4 is 17.3 Å². The third-order valence-corrected chi connectivity index (χ3v) is 10.3. The zero-order valence-electron chi connectivity index (χ0n) is 24.8. The second kappa shape index (κ2) is 11.6. The molecule has 3 aromatic rings. The highest BCUT2D eigenvalue weighted by Gasteiger charge is 2.56. The fourth-order valence-electron chi connectivity index (χ4n) is 7.18. The Kier molecular flexibility index (Phi) is 7.48. The molecule has 1 aromatic heterocycles. The molecule has 2 aromatic carbocycles. The molecule has 3 N–H and O–H groups in total. The SMILES string of the molecule is COc1cc([C@@H]2c3cc4c(cc3[C@@H](OC3OC5CO[C@@H](c6cccs6)OC5C(O)C3O)[C@H]3COC(=O)[C@H]23)OCO4)cc(OC)c1O. The summed E-state index contributed by atoms with van der Waals surface area (Å²) >= 11 is 1.46. The van der Waals surface area contributed by atoms with Crippen molar-refractivity contribution in [3.8, 4) is 28.7 Å². The summed E-state index contributed by atoms with van der Waals surface area (Å²) in [6.07, 6.45) is -7.16. The van der Waals surface area contributed by atoms with Gasteiger partial charge in [0.2, 0.25) is 12.5 Å². The van der Waals surface area contributed by atoms with Gasteiger partial charge in [0.15, 0.2) is 35.6 Å². The van der Waals surface area contributed by atoms with Gasteiger partial charge < -0.3 is 58.0 Å². The van der Waals surface area contributed by atoms with Crippen LogP contribution in [0.3, 0.4) is 0 Å².